The molecule has 0 radical (unpaired) electrons. The van der Waals surface area contributed by atoms with Crippen molar-refractivity contribution in [3.05, 3.63) is 78.4 Å². The summed E-state index contributed by atoms with van der Waals surface area (Å²) >= 11 is 0. The molecule has 1 saturated heterocycles. The van der Waals surface area contributed by atoms with E-state index >= 15 is 0 Å². The number of aliphatic carboxylic acids is 1. The zero-order valence-corrected chi connectivity index (χ0v) is 23.1. The summed E-state index contributed by atoms with van der Waals surface area (Å²) < 4.78 is 13.0. The number of carboxylic acid groups (broad SMARTS) is 1. The number of carbonyl (C=O) groups excluding carboxylic acids is 1. The van der Waals surface area contributed by atoms with E-state index in [2.05, 4.69) is 16.8 Å². The van der Waals surface area contributed by atoms with Crippen molar-refractivity contribution in [1.29, 1.82) is 0 Å². The number of carboxylic acids is 1. The summed E-state index contributed by atoms with van der Waals surface area (Å²) in [6.07, 6.45) is 8.69. The number of hydrogen-bond acceptors (Lipinski definition) is 6. The molecule has 2 aliphatic heterocycles. The van der Waals surface area contributed by atoms with Crippen LogP contribution in [0.5, 0.6) is 11.5 Å². The quantitative estimate of drug-likeness (QED) is 0.368. The lowest BCUT2D eigenvalue weighted by Crippen LogP contribution is -2.45. The van der Waals surface area contributed by atoms with Gasteiger partial charge < -0.3 is 19.5 Å². The lowest BCUT2D eigenvalue weighted by molar-refractivity contribution is -0.670. The molecule has 1 aromatic carbocycles. The molecule has 9 heteroatoms. The first kappa shape index (κ1) is 27.6. The Kier molecular flexibility index (Phi) is 8.60. The third-order valence-corrected chi connectivity index (χ3v) is 7.89. The number of rotatable bonds is 11. The molecule has 0 aliphatic carbocycles. The molecule has 0 spiro atoms. The Balaban J connectivity index is 1.44. The van der Waals surface area contributed by atoms with Crippen LogP contribution in [-0.4, -0.2) is 59.3 Å². The largest absolute Gasteiger partial charge is 0.481 e. The van der Waals surface area contributed by atoms with Gasteiger partial charge in [-0.1, -0.05) is 25.5 Å². The topological polar surface area (TPSA) is 96.1 Å². The van der Waals surface area contributed by atoms with E-state index < -0.39 is 11.9 Å². The van der Waals surface area contributed by atoms with Crippen LogP contribution < -0.4 is 18.9 Å². The van der Waals surface area contributed by atoms with E-state index in [-0.39, 0.29) is 31.2 Å². The van der Waals surface area contributed by atoms with Crippen molar-refractivity contribution in [2.75, 3.05) is 31.3 Å². The maximum atomic E-state index is 13.9. The second-order valence-electron chi connectivity index (χ2n) is 10.6. The van der Waals surface area contributed by atoms with Gasteiger partial charge in [0.2, 0.25) is 12.7 Å². The molecule has 1 fully saturated rings. The molecule has 0 bridgehead atoms. The first-order valence-corrected chi connectivity index (χ1v) is 14.0. The smallest absolute Gasteiger partial charge is 0.308 e. The molecule has 5 rings (SSSR count). The Morgan fingerprint density at radius 3 is 2.75 bits per heavy atom. The number of amides is 1. The lowest BCUT2D eigenvalue weighted by Gasteiger charge is -2.29. The number of aryl methyl sites for hydroxylation is 2. The lowest BCUT2D eigenvalue weighted by atomic mass is 9.83. The average Bonchev–Trinajstić information content (AvgIpc) is 3.57. The minimum Gasteiger partial charge on any atom is -0.481 e. The summed E-state index contributed by atoms with van der Waals surface area (Å²) in [6, 6.07) is 15.0. The van der Waals surface area contributed by atoms with Crippen LogP contribution in [-0.2, 0) is 23.1 Å². The van der Waals surface area contributed by atoms with Crippen LogP contribution in [0.3, 0.4) is 0 Å². The van der Waals surface area contributed by atoms with Crippen molar-refractivity contribution < 1.29 is 28.7 Å². The van der Waals surface area contributed by atoms with E-state index in [9.17, 15) is 14.7 Å². The molecule has 9 nitrogen and oxygen atoms in total. The number of likely N-dealkylation sites (tertiary alicyclic amines) is 1. The van der Waals surface area contributed by atoms with Crippen LogP contribution in [0.25, 0.3) is 0 Å². The second kappa shape index (κ2) is 12.5. The van der Waals surface area contributed by atoms with Gasteiger partial charge in [0.15, 0.2) is 23.9 Å². The Labute approximate surface area is 235 Å². The maximum Gasteiger partial charge on any atom is 0.308 e. The van der Waals surface area contributed by atoms with Crippen molar-refractivity contribution in [3.8, 4) is 11.5 Å². The van der Waals surface area contributed by atoms with E-state index in [0.29, 0.717) is 37.4 Å². The highest BCUT2D eigenvalue weighted by atomic mass is 16.7. The average molecular weight is 546 g/mol. The van der Waals surface area contributed by atoms with Crippen molar-refractivity contribution in [2.45, 2.75) is 44.6 Å². The van der Waals surface area contributed by atoms with Gasteiger partial charge in [-0.05, 0) is 55.2 Å². The van der Waals surface area contributed by atoms with E-state index in [1.54, 1.807) is 6.20 Å². The molecular weight excluding hydrogens is 508 g/mol. The third kappa shape index (κ3) is 6.09. The summed E-state index contributed by atoms with van der Waals surface area (Å²) in [6.45, 7) is 3.47. The molecular formula is C31H37N4O5+. The fourth-order valence-corrected chi connectivity index (χ4v) is 5.88. The van der Waals surface area contributed by atoms with Crippen LogP contribution in [0.4, 0.5) is 5.69 Å². The number of fused-ring (bicyclic) bond motifs is 1. The number of aromatic nitrogens is 2. The molecule has 2 aliphatic rings. The number of benzene rings is 1. The van der Waals surface area contributed by atoms with Gasteiger partial charge in [0.05, 0.1) is 12.5 Å². The molecule has 0 unspecified atom stereocenters. The minimum atomic E-state index is -0.860. The number of carbonyl (C=O) groups is 2. The Bertz CT molecular complexity index is 1330. The highest BCUT2D eigenvalue weighted by Crippen LogP contribution is 2.43. The van der Waals surface area contributed by atoms with Gasteiger partial charge in [0.1, 0.15) is 12.7 Å². The molecule has 3 atom stereocenters. The number of nitrogens with zero attached hydrogens (tertiary/aromatic N) is 4. The molecule has 0 saturated carbocycles. The first-order valence-electron chi connectivity index (χ1n) is 14.0. The molecule has 3 aromatic rings. The SMILES string of the molecule is CCCCN(C(=O)CN1C[C@H](c2ccc3c(c2)OCO3)[C@@H](C(=O)O)[C@@H]1CCc1ccccn1)c1ccc[n+](C)c1. The van der Waals surface area contributed by atoms with Crippen LogP contribution in [0, 0.1) is 5.92 Å². The van der Waals surface area contributed by atoms with E-state index in [1.807, 2.05) is 77.4 Å². The Morgan fingerprint density at radius 2 is 2.00 bits per heavy atom. The summed E-state index contributed by atoms with van der Waals surface area (Å²) in [5.41, 5.74) is 2.63. The molecule has 1 amide bonds. The van der Waals surface area contributed by atoms with Gasteiger partial charge in [-0.3, -0.25) is 19.5 Å². The predicted molar refractivity (Wildman–Crippen MR) is 149 cm³/mol. The van der Waals surface area contributed by atoms with Gasteiger partial charge in [-0.25, -0.2) is 4.57 Å². The van der Waals surface area contributed by atoms with Crippen LogP contribution >= 0.6 is 0 Å². The van der Waals surface area contributed by atoms with Crippen molar-refractivity contribution >= 4 is 17.6 Å². The molecule has 210 valence electrons. The summed E-state index contributed by atoms with van der Waals surface area (Å²) in [5, 5.41) is 10.5. The number of pyridine rings is 2. The number of anilines is 1. The van der Waals surface area contributed by atoms with E-state index in [4.69, 9.17) is 9.47 Å². The van der Waals surface area contributed by atoms with Crippen LogP contribution in [0.1, 0.15) is 43.4 Å². The zero-order chi connectivity index (χ0) is 28.1. The maximum absolute atomic E-state index is 13.9. The fourth-order valence-electron chi connectivity index (χ4n) is 5.88. The van der Waals surface area contributed by atoms with Crippen LogP contribution in [0.2, 0.25) is 0 Å². The van der Waals surface area contributed by atoms with Crippen molar-refractivity contribution in [2.24, 2.45) is 13.0 Å². The predicted octanol–water partition coefficient (Wildman–Crippen LogP) is 3.57. The molecule has 2 aromatic heterocycles. The van der Waals surface area contributed by atoms with E-state index in [1.165, 1.54) is 0 Å². The molecule has 4 heterocycles. The second-order valence-corrected chi connectivity index (χ2v) is 10.6. The zero-order valence-electron chi connectivity index (χ0n) is 23.1. The highest BCUT2D eigenvalue weighted by molar-refractivity contribution is 5.94. The van der Waals surface area contributed by atoms with Gasteiger partial charge in [0, 0.05) is 43.0 Å². The van der Waals surface area contributed by atoms with Crippen molar-refractivity contribution in [1.82, 2.24) is 9.88 Å². The monoisotopic (exact) mass is 545 g/mol. The fraction of sp³-hybridized carbons (Fsp3) is 0.419. The molecule has 40 heavy (non-hydrogen) atoms. The Morgan fingerprint density at radius 1 is 1.15 bits per heavy atom. The van der Waals surface area contributed by atoms with Gasteiger partial charge >= 0.3 is 5.97 Å². The minimum absolute atomic E-state index is 0.0297. The van der Waals surface area contributed by atoms with Gasteiger partial charge in [-0.2, -0.15) is 0 Å². The Hall–Kier alpha value is -3.98. The highest BCUT2D eigenvalue weighted by Gasteiger charge is 2.47. The summed E-state index contributed by atoms with van der Waals surface area (Å²) in [5.74, 6) is -0.582. The standard InChI is InChI=1S/C31H36N4O5/c1-3-4-16-35(24-9-7-15-33(2)18-24)29(36)20-34-19-25(22-10-13-27-28(17-22)40-21-39-27)30(31(37)38)26(34)12-11-23-8-5-6-14-32-23/h5-10,13-15,17-18,25-26,30H,3-4,11-12,16,19-21H2,1-2H3/p+1/t25-,26+,30-/m1/s1. The number of hydrogen-bond donors (Lipinski definition) is 1. The summed E-state index contributed by atoms with van der Waals surface area (Å²) in [7, 11) is 1.94. The number of ether oxygens (including phenoxy) is 2. The normalized spacial score (nSPS) is 20.0. The van der Waals surface area contributed by atoms with Gasteiger partial charge in [0.25, 0.3) is 0 Å². The first-order chi connectivity index (χ1) is 19.4. The number of unbranched alkanes of at least 4 members (excludes halogenated alkanes) is 1. The van der Waals surface area contributed by atoms with E-state index in [0.717, 1.165) is 29.8 Å². The summed E-state index contributed by atoms with van der Waals surface area (Å²) in [4.78, 5) is 35.1. The van der Waals surface area contributed by atoms with Crippen LogP contribution in [0.15, 0.2) is 67.1 Å². The third-order valence-electron chi connectivity index (χ3n) is 7.89. The van der Waals surface area contributed by atoms with Crippen molar-refractivity contribution in [3.63, 3.8) is 0 Å². The molecule has 1 N–H and O–H groups in total. The van der Waals surface area contributed by atoms with Gasteiger partial charge in [-0.15, -0.1) is 0 Å².